The van der Waals surface area contributed by atoms with Gasteiger partial charge in [-0.2, -0.15) is 0 Å². The van der Waals surface area contributed by atoms with E-state index < -0.39 is 17.1 Å². The molecule has 0 spiro atoms. The molecule has 0 aromatic heterocycles. The molecule has 0 saturated carbocycles. The van der Waals surface area contributed by atoms with Gasteiger partial charge in [-0.25, -0.2) is 0 Å². The van der Waals surface area contributed by atoms with Crippen molar-refractivity contribution in [1.82, 2.24) is 5.32 Å². The van der Waals surface area contributed by atoms with Crippen molar-refractivity contribution in [3.8, 4) is 0 Å². The van der Waals surface area contributed by atoms with Crippen LogP contribution in [-0.4, -0.2) is 34.6 Å². The van der Waals surface area contributed by atoms with Gasteiger partial charge in [0.25, 0.3) is 5.69 Å². The standard InChI is InChI=1S/C18H21N3O4/c1-13(17(22)11-14-7-3-2-4-8-14)20-18(23)12-19-15-9-5-6-10-16(15)21(24)25/h2-10,13,17,19,22H,11-12H2,1H3,(H,20,23). The van der Waals surface area contributed by atoms with Crippen LogP contribution in [0.1, 0.15) is 12.5 Å². The Labute approximate surface area is 145 Å². The number of nitro groups is 1. The zero-order chi connectivity index (χ0) is 18.2. The minimum Gasteiger partial charge on any atom is -0.391 e. The summed E-state index contributed by atoms with van der Waals surface area (Å²) in [5, 5.41) is 26.6. The Hall–Kier alpha value is -2.93. The molecular weight excluding hydrogens is 322 g/mol. The van der Waals surface area contributed by atoms with E-state index in [-0.39, 0.29) is 23.8 Å². The zero-order valence-corrected chi connectivity index (χ0v) is 13.9. The molecule has 0 aliphatic carbocycles. The maximum atomic E-state index is 12.0. The van der Waals surface area contributed by atoms with E-state index in [2.05, 4.69) is 10.6 Å². The van der Waals surface area contributed by atoms with Gasteiger partial charge in [-0.3, -0.25) is 14.9 Å². The van der Waals surface area contributed by atoms with E-state index in [0.717, 1.165) is 5.56 Å². The average Bonchev–Trinajstić information content (AvgIpc) is 2.61. The summed E-state index contributed by atoms with van der Waals surface area (Å²) in [6.07, 6.45) is -0.294. The lowest BCUT2D eigenvalue weighted by Crippen LogP contribution is -2.44. The summed E-state index contributed by atoms with van der Waals surface area (Å²) >= 11 is 0. The maximum Gasteiger partial charge on any atom is 0.292 e. The molecule has 0 aliphatic rings. The van der Waals surface area contributed by atoms with Crippen LogP contribution in [0, 0.1) is 10.1 Å². The van der Waals surface area contributed by atoms with E-state index in [9.17, 15) is 20.0 Å². The summed E-state index contributed by atoms with van der Waals surface area (Å²) in [5.74, 6) is -0.349. The topological polar surface area (TPSA) is 104 Å². The lowest BCUT2D eigenvalue weighted by molar-refractivity contribution is -0.383. The van der Waals surface area contributed by atoms with Crippen LogP contribution in [0.2, 0.25) is 0 Å². The molecule has 2 unspecified atom stereocenters. The smallest absolute Gasteiger partial charge is 0.292 e. The largest absolute Gasteiger partial charge is 0.391 e. The van der Waals surface area contributed by atoms with E-state index in [1.807, 2.05) is 30.3 Å². The molecule has 3 N–H and O–H groups in total. The summed E-state index contributed by atoms with van der Waals surface area (Å²) in [6, 6.07) is 15.2. The van der Waals surface area contributed by atoms with Gasteiger partial charge < -0.3 is 15.7 Å². The van der Waals surface area contributed by atoms with Crippen LogP contribution in [0.4, 0.5) is 11.4 Å². The van der Waals surface area contributed by atoms with Crippen molar-refractivity contribution < 1.29 is 14.8 Å². The number of carbonyl (C=O) groups is 1. The van der Waals surface area contributed by atoms with Crippen LogP contribution in [-0.2, 0) is 11.2 Å². The summed E-state index contributed by atoms with van der Waals surface area (Å²) in [4.78, 5) is 22.4. The molecule has 25 heavy (non-hydrogen) atoms. The molecule has 0 fully saturated rings. The van der Waals surface area contributed by atoms with Crippen LogP contribution >= 0.6 is 0 Å². The van der Waals surface area contributed by atoms with Crippen molar-refractivity contribution in [2.45, 2.75) is 25.5 Å². The fourth-order valence-corrected chi connectivity index (χ4v) is 2.39. The molecule has 0 aliphatic heterocycles. The van der Waals surface area contributed by atoms with Crippen LogP contribution < -0.4 is 10.6 Å². The predicted molar refractivity (Wildman–Crippen MR) is 95.3 cm³/mol. The normalized spacial score (nSPS) is 12.9. The number of anilines is 1. The molecule has 1 amide bonds. The molecule has 7 nitrogen and oxygen atoms in total. The van der Waals surface area contributed by atoms with Gasteiger partial charge >= 0.3 is 0 Å². The Balaban J connectivity index is 1.84. The van der Waals surface area contributed by atoms with Gasteiger partial charge in [-0.15, -0.1) is 0 Å². The zero-order valence-electron chi connectivity index (χ0n) is 13.9. The minimum absolute atomic E-state index is 0.0903. The van der Waals surface area contributed by atoms with Gasteiger partial charge in [0.05, 0.1) is 23.6 Å². The van der Waals surface area contributed by atoms with Crippen LogP contribution in [0.25, 0.3) is 0 Å². The number of rotatable bonds is 8. The van der Waals surface area contributed by atoms with E-state index >= 15 is 0 Å². The lowest BCUT2D eigenvalue weighted by Gasteiger charge is -2.20. The molecule has 2 rings (SSSR count). The van der Waals surface area contributed by atoms with Crippen molar-refractivity contribution in [3.63, 3.8) is 0 Å². The van der Waals surface area contributed by atoms with E-state index in [1.54, 1.807) is 25.1 Å². The Morgan fingerprint density at radius 1 is 1.16 bits per heavy atom. The average molecular weight is 343 g/mol. The van der Waals surface area contributed by atoms with E-state index in [1.165, 1.54) is 6.07 Å². The Morgan fingerprint density at radius 3 is 2.48 bits per heavy atom. The first-order valence-corrected chi connectivity index (χ1v) is 7.96. The number of amides is 1. The van der Waals surface area contributed by atoms with Gasteiger partial charge in [0.1, 0.15) is 5.69 Å². The third-order valence-electron chi connectivity index (χ3n) is 3.79. The van der Waals surface area contributed by atoms with Crippen molar-refractivity contribution in [1.29, 1.82) is 0 Å². The van der Waals surface area contributed by atoms with Gasteiger partial charge in [0.15, 0.2) is 0 Å². The molecule has 2 aromatic carbocycles. The highest BCUT2D eigenvalue weighted by atomic mass is 16.6. The summed E-state index contributed by atoms with van der Waals surface area (Å²) in [7, 11) is 0. The third-order valence-corrected chi connectivity index (χ3v) is 3.79. The highest BCUT2D eigenvalue weighted by Crippen LogP contribution is 2.22. The third kappa shape index (κ3) is 5.58. The molecule has 0 bridgehead atoms. The van der Waals surface area contributed by atoms with Crippen LogP contribution in [0.3, 0.4) is 0 Å². The Bertz CT molecular complexity index is 721. The number of hydrogen-bond donors (Lipinski definition) is 3. The number of hydrogen-bond acceptors (Lipinski definition) is 5. The highest BCUT2D eigenvalue weighted by Gasteiger charge is 2.18. The maximum absolute atomic E-state index is 12.0. The number of nitro benzene ring substituents is 1. The van der Waals surface area contributed by atoms with Crippen LogP contribution in [0.5, 0.6) is 0 Å². The summed E-state index contributed by atoms with van der Waals surface area (Å²) in [5.41, 5.74) is 1.17. The second-order valence-corrected chi connectivity index (χ2v) is 5.74. The van der Waals surface area contributed by atoms with Gasteiger partial charge in [0, 0.05) is 12.5 Å². The van der Waals surface area contributed by atoms with Crippen molar-refractivity contribution in [2.75, 3.05) is 11.9 Å². The molecular formula is C18H21N3O4. The predicted octanol–water partition coefficient (Wildman–Crippen LogP) is 2.11. The van der Waals surface area contributed by atoms with E-state index in [4.69, 9.17) is 0 Å². The number of benzene rings is 2. The molecule has 7 heteroatoms. The fraction of sp³-hybridized carbons (Fsp3) is 0.278. The summed E-state index contributed by atoms with van der Waals surface area (Å²) in [6.45, 7) is 1.60. The lowest BCUT2D eigenvalue weighted by atomic mass is 10.0. The second-order valence-electron chi connectivity index (χ2n) is 5.74. The number of aliphatic hydroxyl groups is 1. The Kier molecular flexibility index (Phi) is 6.47. The first kappa shape index (κ1) is 18.4. The monoisotopic (exact) mass is 343 g/mol. The number of nitrogens with one attached hydrogen (secondary N) is 2. The quantitative estimate of drug-likeness (QED) is 0.503. The first-order chi connectivity index (χ1) is 12.0. The highest BCUT2D eigenvalue weighted by molar-refractivity contribution is 5.82. The molecule has 0 radical (unpaired) electrons. The summed E-state index contributed by atoms with van der Waals surface area (Å²) < 4.78 is 0. The molecule has 0 saturated heterocycles. The fourth-order valence-electron chi connectivity index (χ4n) is 2.39. The van der Waals surface area contributed by atoms with Gasteiger partial charge in [-0.05, 0) is 18.6 Å². The number of nitrogens with zero attached hydrogens (tertiary/aromatic N) is 1. The first-order valence-electron chi connectivity index (χ1n) is 7.96. The molecule has 0 heterocycles. The molecule has 132 valence electrons. The van der Waals surface area contributed by atoms with Gasteiger partial charge in [0.2, 0.25) is 5.91 Å². The molecule has 2 atom stereocenters. The van der Waals surface area contributed by atoms with E-state index in [0.29, 0.717) is 6.42 Å². The SMILES string of the molecule is CC(NC(=O)CNc1ccccc1[N+](=O)[O-])C(O)Cc1ccccc1. The minimum atomic E-state index is -0.725. The Morgan fingerprint density at radius 2 is 1.80 bits per heavy atom. The van der Waals surface area contributed by atoms with Crippen molar-refractivity contribution in [2.24, 2.45) is 0 Å². The van der Waals surface area contributed by atoms with Crippen LogP contribution in [0.15, 0.2) is 54.6 Å². The number of aliphatic hydroxyl groups excluding tert-OH is 1. The van der Waals surface area contributed by atoms with Crippen molar-refractivity contribution >= 4 is 17.3 Å². The number of carbonyl (C=O) groups excluding carboxylic acids is 1. The van der Waals surface area contributed by atoms with Gasteiger partial charge in [-0.1, -0.05) is 42.5 Å². The number of para-hydroxylation sites is 2. The molecule has 2 aromatic rings. The van der Waals surface area contributed by atoms with Crippen molar-refractivity contribution in [3.05, 3.63) is 70.3 Å². The second kappa shape index (κ2) is 8.79.